The molecule has 0 aliphatic carbocycles. The number of aromatic nitrogens is 1. The third kappa shape index (κ3) is 5.20. The molecule has 1 aliphatic heterocycles. The molecule has 1 aromatic rings. The Morgan fingerprint density at radius 2 is 1.87 bits per heavy atom. The van der Waals surface area contributed by atoms with Crippen molar-refractivity contribution in [2.24, 2.45) is 0 Å². The molecule has 0 N–H and O–H groups in total. The lowest BCUT2D eigenvalue weighted by molar-refractivity contribution is -0.0954. The first-order valence-corrected chi connectivity index (χ1v) is 8.34. The number of rotatable bonds is 4. The second-order valence-corrected chi connectivity index (χ2v) is 7.15. The number of carbonyl (C=O) groups is 1. The number of likely N-dealkylation sites (tertiary alicyclic amines) is 1. The van der Waals surface area contributed by atoms with Crippen LogP contribution in [-0.2, 0) is 16.1 Å². The van der Waals surface area contributed by atoms with Gasteiger partial charge in [-0.2, -0.15) is 0 Å². The summed E-state index contributed by atoms with van der Waals surface area (Å²) in [7, 11) is 0. The van der Waals surface area contributed by atoms with E-state index in [1.165, 1.54) is 0 Å². The van der Waals surface area contributed by atoms with E-state index in [1.54, 1.807) is 17.3 Å². The molecule has 1 amide bonds. The van der Waals surface area contributed by atoms with Gasteiger partial charge < -0.3 is 14.4 Å². The number of hydrogen-bond acceptors (Lipinski definition) is 4. The lowest BCUT2D eigenvalue weighted by Crippen LogP contribution is -2.49. The summed E-state index contributed by atoms with van der Waals surface area (Å²) in [4.78, 5) is 18.0. The number of carbonyl (C=O) groups excluding carboxylic acids is 1. The summed E-state index contributed by atoms with van der Waals surface area (Å²) in [5.74, 6) is 0. The highest BCUT2D eigenvalue weighted by Crippen LogP contribution is 2.31. The maximum absolute atomic E-state index is 12.1. The molecule has 23 heavy (non-hydrogen) atoms. The molecule has 2 heterocycles. The second-order valence-electron chi connectivity index (χ2n) is 7.15. The first-order chi connectivity index (χ1) is 10.8. The second kappa shape index (κ2) is 7.30. The zero-order valence-electron chi connectivity index (χ0n) is 14.7. The highest BCUT2D eigenvalue weighted by molar-refractivity contribution is 5.68. The number of nitrogens with zero attached hydrogens (tertiary/aromatic N) is 2. The summed E-state index contributed by atoms with van der Waals surface area (Å²) in [5, 5.41) is 0. The van der Waals surface area contributed by atoms with Crippen molar-refractivity contribution >= 4 is 6.09 Å². The van der Waals surface area contributed by atoms with E-state index in [-0.39, 0.29) is 11.7 Å². The fraction of sp³-hybridized carbons (Fsp3) is 0.667. The van der Waals surface area contributed by atoms with Crippen molar-refractivity contribution in [3.05, 3.63) is 30.1 Å². The molecule has 1 aliphatic rings. The van der Waals surface area contributed by atoms with Crippen LogP contribution in [0.15, 0.2) is 24.5 Å². The Balaban J connectivity index is 1.88. The molecule has 1 aromatic heterocycles. The van der Waals surface area contributed by atoms with Crippen molar-refractivity contribution in [3.63, 3.8) is 0 Å². The topological polar surface area (TPSA) is 51.7 Å². The van der Waals surface area contributed by atoms with Crippen LogP contribution in [0.4, 0.5) is 4.79 Å². The maximum Gasteiger partial charge on any atom is 0.410 e. The smallest absolute Gasteiger partial charge is 0.410 e. The Morgan fingerprint density at radius 3 is 2.39 bits per heavy atom. The van der Waals surface area contributed by atoms with Gasteiger partial charge in [-0.25, -0.2) is 4.79 Å². The molecule has 1 fully saturated rings. The third-order valence-electron chi connectivity index (χ3n) is 4.27. The van der Waals surface area contributed by atoms with E-state index in [9.17, 15) is 4.79 Å². The van der Waals surface area contributed by atoms with E-state index in [4.69, 9.17) is 9.47 Å². The average molecular weight is 320 g/mol. The van der Waals surface area contributed by atoms with Gasteiger partial charge in [0.25, 0.3) is 0 Å². The highest BCUT2D eigenvalue weighted by Gasteiger charge is 2.36. The normalized spacial score (nSPS) is 17.8. The minimum absolute atomic E-state index is 0.151. The Bertz CT molecular complexity index is 503. The molecule has 0 atom stereocenters. The van der Waals surface area contributed by atoms with Gasteiger partial charge in [-0.05, 0) is 57.7 Å². The molecule has 5 nitrogen and oxygen atoms in total. The summed E-state index contributed by atoms with van der Waals surface area (Å²) in [5.41, 5.74) is 0.526. The van der Waals surface area contributed by atoms with Gasteiger partial charge in [0.1, 0.15) is 5.60 Å². The van der Waals surface area contributed by atoms with Crippen LogP contribution < -0.4 is 0 Å². The summed E-state index contributed by atoms with van der Waals surface area (Å²) >= 11 is 0. The van der Waals surface area contributed by atoms with Crippen LogP contribution in [0.25, 0.3) is 0 Å². The molecule has 0 spiro atoms. The minimum atomic E-state index is -0.450. The Morgan fingerprint density at radius 1 is 1.26 bits per heavy atom. The molecule has 0 bridgehead atoms. The van der Waals surface area contributed by atoms with Crippen molar-refractivity contribution in [1.82, 2.24) is 9.88 Å². The van der Waals surface area contributed by atoms with E-state index in [0.29, 0.717) is 19.7 Å². The molecule has 2 rings (SSSR count). The van der Waals surface area contributed by atoms with Gasteiger partial charge in [-0.15, -0.1) is 0 Å². The van der Waals surface area contributed by atoms with Gasteiger partial charge in [0, 0.05) is 25.5 Å². The standard InChI is InChI=1S/C18H28N2O3/c1-5-18(22-14-15-6-10-19-11-7-15)8-12-20(13-9-18)16(21)23-17(2,3)4/h6-7,10-11H,5,8-9,12-14H2,1-4H3. The van der Waals surface area contributed by atoms with Gasteiger partial charge in [-0.1, -0.05) is 6.92 Å². The summed E-state index contributed by atoms with van der Waals surface area (Å²) in [6, 6.07) is 3.94. The van der Waals surface area contributed by atoms with E-state index in [1.807, 2.05) is 32.9 Å². The summed E-state index contributed by atoms with van der Waals surface area (Å²) in [6.45, 7) is 9.77. The molecule has 0 radical (unpaired) electrons. The zero-order valence-corrected chi connectivity index (χ0v) is 14.7. The lowest BCUT2D eigenvalue weighted by atomic mass is 9.88. The summed E-state index contributed by atoms with van der Waals surface area (Å²) in [6.07, 6.45) is 5.96. The van der Waals surface area contributed by atoms with Crippen LogP contribution in [0.1, 0.15) is 52.5 Å². The van der Waals surface area contributed by atoms with Crippen molar-refractivity contribution in [3.8, 4) is 0 Å². The molecular weight excluding hydrogens is 292 g/mol. The number of pyridine rings is 1. The van der Waals surface area contributed by atoms with E-state index >= 15 is 0 Å². The molecule has 1 saturated heterocycles. The minimum Gasteiger partial charge on any atom is -0.444 e. The monoisotopic (exact) mass is 320 g/mol. The Labute approximate surface area is 139 Å². The van der Waals surface area contributed by atoms with Gasteiger partial charge >= 0.3 is 6.09 Å². The SMILES string of the molecule is CCC1(OCc2ccncc2)CCN(C(=O)OC(C)(C)C)CC1. The number of hydrogen-bond donors (Lipinski definition) is 0. The number of piperidine rings is 1. The average Bonchev–Trinajstić information content (AvgIpc) is 2.53. The van der Waals surface area contributed by atoms with Gasteiger partial charge in [0.2, 0.25) is 0 Å². The molecule has 128 valence electrons. The fourth-order valence-electron chi connectivity index (χ4n) is 2.74. The quantitative estimate of drug-likeness (QED) is 0.847. The van der Waals surface area contributed by atoms with Gasteiger partial charge in [0.05, 0.1) is 12.2 Å². The molecule has 0 unspecified atom stereocenters. The molecule has 0 saturated carbocycles. The highest BCUT2D eigenvalue weighted by atomic mass is 16.6. The van der Waals surface area contributed by atoms with Crippen molar-refractivity contribution in [1.29, 1.82) is 0 Å². The molecule has 0 aromatic carbocycles. The van der Waals surface area contributed by atoms with Gasteiger partial charge in [-0.3, -0.25) is 4.98 Å². The number of ether oxygens (including phenoxy) is 2. The van der Waals surface area contributed by atoms with Crippen LogP contribution in [-0.4, -0.2) is 40.3 Å². The van der Waals surface area contributed by atoms with E-state index in [0.717, 1.165) is 24.8 Å². The fourth-order valence-corrected chi connectivity index (χ4v) is 2.74. The summed E-state index contributed by atoms with van der Waals surface area (Å²) < 4.78 is 11.7. The first-order valence-electron chi connectivity index (χ1n) is 8.34. The largest absolute Gasteiger partial charge is 0.444 e. The van der Waals surface area contributed by atoms with Crippen LogP contribution in [0.5, 0.6) is 0 Å². The van der Waals surface area contributed by atoms with Crippen LogP contribution in [0.2, 0.25) is 0 Å². The lowest BCUT2D eigenvalue weighted by Gasteiger charge is -2.41. The third-order valence-corrected chi connectivity index (χ3v) is 4.27. The zero-order chi connectivity index (χ0) is 16.9. The van der Waals surface area contributed by atoms with E-state index < -0.39 is 5.60 Å². The molecular formula is C18H28N2O3. The van der Waals surface area contributed by atoms with Crippen molar-refractivity contribution in [2.75, 3.05) is 13.1 Å². The predicted octanol–water partition coefficient (Wildman–Crippen LogP) is 3.78. The van der Waals surface area contributed by atoms with Crippen molar-refractivity contribution in [2.45, 2.75) is 64.8 Å². The predicted molar refractivity (Wildman–Crippen MR) is 89.1 cm³/mol. The van der Waals surface area contributed by atoms with Crippen LogP contribution in [0.3, 0.4) is 0 Å². The maximum atomic E-state index is 12.1. The first kappa shape index (κ1) is 17.7. The number of amides is 1. The van der Waals surface area contributed by atoms with Crippen LogP contribution >= 0.6 is 0 Å². The molecule has 5 heteroatoms. The Kier molecular flexibility index (Phi) is 5.63. The Hall–Kier alpha value is -1.62. The van der Waals surface area contributed by atoms with Gasteiger partial charge in [0.15, 0.2) is 0 Å². The van der Waals surface area contributed by atoms with E-state index in [2.05, 4.69) is 11.9 Å². The van der Waals surface area contributed by atoms with Crippen LogP contribution in [0, 0.1) is 0 Å². The van der Waals surface area contributed by atoms with Crippen molar-refractivity contribution < 1.29 is 14.3 Å².